The number of halogens is 2. The summed E-state index contributed by atoms with van der Waals surface area (Å²) >= 11 is 0. The summed E-state index contributed by atoms with van der Waals surface area (Å²) in [4.78, 5) is 0. The summed E-state index contributed by atoms with van der Waals surface area (Å²) in [5, 5.41) is 0. The highest BCUT2D eigenvalue weighted by atomic mass is 19.2. The minimum atomic E-state index is -0.684. The number of fused-ring (bicyclic) bond motifs is 1. The van der Waals surface area contributed by atoms with Crippen LogP contribution in [0.25, 0.3) is 0 Å². The molecule has 0 amide bonds. The van der Waals surface area contributed by atoms with E-state index in [4.69, 9.17) is 0 Å². The minimum Gasteiger partial charge on any atom is -0.204 e. The average molecular weight is 389 g/mol. The second kappa shape index (κ2) is 9.26. The van der Waals surface area contributed by atoms with E-state index in [1.165, 1.54) is 76.7 Å². The molecule has 1 aromatic carbocycles. The zero-order valence-electron chi connectivity index (χ0n) is 17.6. The first kappa shape index (κ1) is 20.4. The maximum Gasteiger partial charge on any atom is 0.162 e. The molecule has 2 heteroatoms. The first-order valence-electron chi connectivity index (χ1n) is 12.1. The summed E-state index contributed by atoms with van der Waals surface area (Å²) in [6.07, 6.45) is 17.5. The van der Waals surface area contributed by atoms with Crippen LogP contribution >= 0.6 is 0 Å². The predicted octanol–water partition coefficient (Wildman–Crippen LogP) is 8.26. The SMILES string of the molecule is CCC1CCC(CCC2CCC3CC(c4cccc(F)c4F)CCC3C2)CC1. The Bertz CT molecular complexity index is 631. The second-order valence-electron chi connectivity index (χ2n) is 10.2. The van der Waals surface area contributed by atoms with E-state index >= 15 is 0 Å². The van der Waals surface area contributed by atoms with Crippen molar-refractivity contribution in [1.82, 2.24) is 0 Å². The lowest BCUT2D eigenvalue weighted by atomic mass is 9.63. The number of benzene rings is 1. The van der Waals surface area contributed by atoms with E-state index in [0.717, 1.165) is 42.4 Å². The lowest BCUT2D eigenvalue weighted by molar-refractivity contribution is 0.108. The van der Waals surface area contributed by atoms with Gasteiger partial charge in [-0.15, -0.1) is 0 Å². The normalized spacial score (nSPS) is 36.1. The van der Waals surface area contributed by atoms with Crippen LogP contribution in [0.5, 0.6) is 0 Å². The van der Waals surface area contributed by atoms with Crippen LogP contribution in [0.1, 0.15) is 102 Å². The standard InChI is InChI=1S/C26H38F2/c1-2-18-6-8-19(9-7-18)10-11-20-12-13-22-17-23(15-14-21(22)16-20)24-4-3-5-25(27)26(24)28/h3-5,18-23H,2,6-17H2,1H3. The third kappa shape index (κ3) is 4.62. The van der Waals surface area contributed by atoms with E-state index in [1.807, 2.05) is 6.07 Å². The molecule has 0 nitrogen and oxygen atoms in total. The minimum absolute atomic E-state index is 0.224. The zero-order valence-corrected chi connectivity index (χ0v) is 17.6. The van der Waals surface area contributed by atoms with Gasteiger partial charge in [-0.05, 0) is 79.2 Å². The smallest absolute Gasteiger partial charge is 0.162 e. The molecule has 0 radical (unpaired) electrons. The van der Waals surface area contributed by atoms with Crippen LogP contribution in [0.2, 0.25) is 0 Å². The Balaban J connectivity index is 1.25. The lowest BCUT2D eigenvalue weighted by Gasteiger charge is -2.42. The summed E-state index contributed by atoms with van der Waals surface area (Å²) in [6, 6.07) is 4.72. The Morgan fingerprint density at radius 1 is 0.750 bits per heavy atom. The van der Waals surface area contributed by atoms with Gasteiger partial charge in [-0.25, -0.2) is 8.78 Å². The van der Waals surface area contributed by atoms with Gasteiger partial charge in [0.05, 0.1) is 0 Å². The molecular weight excluding hydrogens is 350 g/mol. The summed E-state index contributed by atoms with van der Waals surface area (Å²) in [5.41, 5.74) is 0.628. The molecule has 28 heavy (non-hydrogen) atoms. The molecule has 0 aromatic heterocycles. The van der Waals surface area contributed by atoms with Gasteiger partial charge < -0.3 is 0 Å². The molecule has 0 spiro atoms. The Morgan fingerprint density at radius 3 is 2.18 bits per heavy atom. The third-order valence-corrected chi connectivity index (χ3v) is 8.67. The van der Waals surface area contributed by atoms with E-state index in [0.29, 0.717) is 5.56 Å². The molecule has 0 N–H and O–H groups in total. The van der Waals surface area contributed by atoms with Crippen molar-refractivity contribution in [2.75, 3.05) is 0 Å². The molecule has 3 fully saturated rings. The van der Waals surface area contributed by atoms with Crippen molar-refractivity contribution in [3.05, 3.63) is 35.4 Å². The van der Waals surface area contributed by atoms with Crippen molar-refractivity contribution in [1.29, 1.82) is 0 Å². The van der Waals surface area contributed by atoms with Gasteiger partial charge in [0.2, 0.25) is 0 Å². The highest BCUT2D eigenvalue weighted by molar-refractivity contribution is 5.23. The first-order chi connectivity index (χ1) is 13.6. The van der Waals surface area contributed by atoms with Crippen LogP contribution in [0.3, 0.4) is 0 Å². The highest BCUT2D eigenvalue weighted by Gasteiger charge is 2.37. The topological polar surface area (TPSA) is 0 Å². The van der Waals surface area contributed by atoms with E-state index in [1.54, 1.807) is 6.07 Å². The fourth-order valence-corrected chi connectivity index (χ4v) is 6.77. The van der Waals surface area contributed by atoms with Crippen LogP contribution in [0, 0.1) is 41.2 Å². The molecule has 0 saturated heterocycles. The quantitative estimate of drug-likeness (QED) is 0.476. The van der Waals surface area contributed by atoms with Crippen LogP contribution < -0.4 is 0 Å². The van der Waals surface area contributed by atoms with Gasteiger partial charge in [0.1, 0.15) is 0 Å². The summed E-state index contributed by atoms with van der Waals surface area (Å²) < 4.78 is 27.8. The predicted molar refractivity (Wildman–Crippen MR) is 112 cm³/mol. The first-order valence-corrected chi connectivity index (χ1v) is 12.1. The fraction of sp³-hybridized carbons (Fsp3) is 0.769. The monoisotopic (exact) mass is 388 g/mol. The largest absolute Gasteiger partial charge is 0.204 e. The molecular formula is C26H38F2. The molecule has 4 atom stereocenters. The van der Waals surface area contributed by atoms with Crippen molar-refractivity contribution in [2.24, 2.45) is 29.6 Å². The maximum atomic E-state index is 14.2. The van der Waals surface area contributed by atoms with Crippen molar-refractivity contribution in [3.63, 3.8) is 0 Å². The Morgan fingerprint density at radius 2 is 1.39 bits per heavy atom. The molecule has 3 saturated carbocycles. The van der Waals surface area contributed by atoms with Gasteiger partial charge in [0.15, 0.2) is 11.6 Å². The van der Waals surface area contributed by atoms with Gasteiger partial charge in [-0.3, -0.25) is 0 Å². The van der Waals surface area contributed by atoms with E-state index in [9.17, 15) is 8.78 Å². The number of rotatable bonds is 5. The van der Waals surface area contributed by atoms with E-state index in [-0.39, 0.29) is 5.92 Å². The summed E-state index contributed by atoms with van der Waals surface area (Å²) in [7, 11) is 0. The molecule has 4 unspecified atom stereocenters. The molecule has 156 valence electrons. The van der Waals surface area contributed by atoms with Gasteiger partial charge in [-0.2, -0.15) is 0 Å². The highest BCUT2D eigenvalue weighted by Crippen LogP contribution is 2.49. The summed E-state index contributed by atoms with van der Waals surface area (Å²) in [5.74, 6) is 3.43. The molecule has 3 aliphatic rings. The zero-order chi connectivity index (χ0) is 19.5. The van der Waals surface area contributed by atoms with E-state index in [2.05, 4.69) is 6.92 Å². The van der Waals surface area contributed by atoms with Gasteiger partial charge in [-0.1, -0.05) is 70.4 Å². The van der Waals surface area contributed by atoms with Crippen molar-refractivity contribution < 1.29 is 8.78 Å². The Labute approximate surface area is 170 Å². The van der Waals surface area contributed by atoms with Crippen molar-refractivity contribution >= 4 is 0 Å². The average Bonchev–Trinajstić information content (AvgIpc) is 2.74. The van der Waals surface area contributed by atoms with Crippen LogP contribution in [0.4, 0.5) is 8.78 Å². The maximum absolute atomic E-state index is 14.2. The van der Waals surface area contributed by atoms with E-state index < -0.39 is 11.6 Å². The number of hydrogen-bond donors (Lipinski definition) is 0. The van der Waals surface area contributed by atoms with Crippen LogP contribution in [0.15, 0.2) is 18.2 Å². The molecule has 0 aliphatic heterocycles. The molecule has 3 aliphatic carbocycles. The molecule has 4 rings (SSSR count). The Hall–Kier alpha value is -0.920. The van der Waals surface area contributed by atoms with Crippen molar-refractivity contribution in [2.45, 2.75) is 96.3 Å². The Kier molecular flexibility index (Phi) is 6.74. The molecule has 0 bridgehead atoms. The third-order valence-electron chi connectivity index (χ3n) is 8.67. The van der Waals surface area contributed by atoms with Crippen molar-refractivity contribution in [3.8, 4) is 0 Å². The molecule has 0 heterocycles. The molecule has 1 aromatic rings. The van der Waals surface area contributed by atoms with Crippen LogP contribution in [-0.4, -0.2) is 0 Å². The number of hydrogen-bond acceptors (Lipinski definition) is 0. The van der Waals surface area contributed by atoms with Gasteiger partial charge in [0.25, 0.3) is 0 Å². The fourth-order valence-electron chi connectivity index (χ4n) is 6.77. The van der Waals surface area contributed by atoms with Gasteiger partial charge >= 0.3 is 0 Å². The second-order valence-corrected chi connectivity index (χ2v) is 10.2. The summed E-state index contributed by atoms with van der Waals surface area (Å²) in [6.45, 7) is 2.35. The van der Waals surface area contributed by atoms with Crippen LogP contribution in [-0.2, 0) is 0 Å². The lowest BCUT2D eigenvalue weighted by Crippen LogP contribution is -2.31. The van der Waals surface area contributed by atoms with Gasteiger partial charge in [0, 0.05) is 0 Å².